The molecule has 0 saturated carbocycles. The lowest BCUT2D eigenvalue weighted by atomic mass is 10.2. The van der Waals surface area contributed by atoms with E-state index in [4.69, 9.17) is 10.5 Å². The molecule has 0 unspecified atom stereocenters. The molecule has 0 radical (unpaired) electrons. The van der Waals surface area contributed by atoms with Crippen molar-refractivity contribution in [2.24, 2.45) is 0 Å². The molecule has 3 rings (SSSR count). The van der Waals surface area contributed by atoms with Crippen LogP contribution in [0.4, 0.5) is 5.82 Å². The van der Waals surface area contributed by atoms with Gasteiger partial charge < -0.3 is 15.6 Å². The van der Waals surface area contributed by atoms with Gasteiger partial charge in [0.2, 0.25) is 0 Å². The number of aromatic nitrogens is 5. The molecule has 8 nitrogen and oxygen atoms in total. The first-order chi connectivity index (χ1) is 9.20. The first kappa shape index (κ1) is 12.0. The van der Waals surface area contributed by atoms with Crippen molar-refractivity contribution in [2.45, 2.75) is 31.8 Å². The molecule has 8 heteroatoms. The first-order valence-corrected chi connectivity index (χ1v) is 5.98. The van der Waals surface area contributed by atoms with E-state index in [9.17, 15) is 5.11 Å². The Morgan fingerprint density at radius 1 is 1.53 bits per heavy atom. The summed E-state index contributed by atoms with van der Waals surface area (Å²) in [4.78, 5) is 7.94. The largest absolute Gasteiger partial charge is 0.388 e. The Morgan fingerprint density at radius 3 is 3.16 bits per heavy atom. The van der Waals surface area contributed by atoms with Gasteiger partial charge in [0.25, 0.3) is 0 Å². The van der Waals surface area contributed by atoms with Gasteiger partial charge in [-0.15, -0.1) is 5.10 Å². The van der Waals surface area contributed by atoms with Crippen LogP contribution in [-0.2, 0) is 4.74 Å². The van der Waals surface area contributed by atoms with Crippen LogP contribution in [0, 0.1) is 0 Å². The fourth-order valence-electron chi connectivity index (χ4n) is 2.19. The third-order valence-corrected chi connectivity index (χ3v) is 3.05. The molecule has 1 saturated heterocycles. The lowest BCUT2D eigenvalue weighted by Crippen LogP contribution is -2.21. The van der Waals surface area contributed by atoms with Gasteiger partial charge in [0.1, 0.15) is 12.4 Å². The predicted molar refractivity (Wildman–Crippen MR) is 66.9 cm³/mol. The number of hydrogen-bond donors (Lipinski definition) is 2. The highest BCUT2D eigenvalue weighted by atomic mass is 16.5. The van der Waals surface area contributed by atoms with Crippen molar-refractivity contribution in [3.63, 3.8) is 0 Å². The van der Waals surface area contributed by atoms with Crippen LogP contribution in [-0.4, -0.2) is 42.3 Å². The van der Waals surface area contributed by atoms with Crippen LogP contribution in [0.15, 0.2) is 18.5 Å². The summed E-state index contributed by atoms with van der Waals surface area (Å²) in [6.45, 7) is 1.90. The van der Waals surface area contributed by atoms with E-state index in [2.05, 4.69) is 20.3 Å². The predicted octanol–water partition coefficient (Wildman–Crippen LogP) is 0.0280. The molecule has 1 aliphatic rings. The number of rotatable bonds is 2. The minimum absolute atomic E-state index is 0.136. The second kappa shape index (κ2) is 4.56. The van der Waals surface area contributed by atoms with Gasteiger partial charge in [-0.25, -0.2) is 9.97 Å². The van der Waals surface area contributed by atoms with Crippen molar-refractivity contribution in [3.05, 3.63) is 18.5 Å². The summed E-state index contributed by atoms with van der Waals surface area (Å²) in [7, 11) is 0. The fourth-order valence-corrected chi connectivity index (χ4v) is 2.19. The normalized spacial score (nSPS) is 27.6. The molecule has 0 amide bonds. The van der Waals surface area contributed by atoms with Gasteiger partial charge in [-0.05, 0) is 6.92 Å². The number of ether oxygens (including phenoxy) is 1. The van der Waals surface area contributed by atoms with Gasteiger partial charge in [-0.3, -0.25) is 0 Å². The van der Waals surface area contributed by atoms with E-state index < -0.39 is 12.3 Å². The Bertz CT molecular complexity index is 625. The maximum atomic E-state index is 10.1. The molecule has 1 aliphatic heterocycles. The van der Waals surface area contributed by atoms with Gasteiger partial charge in [0.15, 0.2) is 23.2 Å². The number of fused-ring (bicyclic) bond motifs is 1. The Morgan fingerprint density at radius 2 is 2.37 bits per heavy atom. The van der Waals surface area contributed by atoms with E-state index in [0.29, 0.717) is 17.6 Å². The molecule has 1 fully saturated rings. The molecular formula is C11H14N6O2. The molecule has 0 aromatic carbocycles. The van der Waals surface area contributed by atoms with Crippen molar-refractivity contribution in [2.75, 3.05) is 5.73 Å². The number of allylic oxidation sites excluding steroid dienone is 1. The van der Waals surface area contributed by atoms with Gasteiger partial charge in [-0.1, -0.05) is 17.4 Å². The Balaban J connectivity index is 1.99. The number of nitrogens with zero attached hydrogens (tertiary/aromatic N) is 5. The standard InChI is InChI=1S/C11H14N6O2/c1-2-3-6-4-7(18)11(19-6)17-10-8(15-16-17)9(12)13-5-14-10/h2-3,5-7,11,18H,4H2,1H3,(H2,12,13,14)/b3-2+/t6-,7-,11-/m1/s1. The van der Waals surface area contributed by atoms with Crippen LogP contribution in [0.1, 0.15) is 19.6 Å². The average Bonchev–Trinajstić information content (AvgIpc) is 2.94. The smallest absolute Gasteiger partial charge is 0.186 e. The van der Waals surface area contributed by atoms with E-state index >= 15 is 0 Å². The summed E-state index contributed by atoms with van der Waals surface area (Å²) >= 11 is 0. The van der Waals surface area contributed by atoms with Crippen LogP contribution in [0.25, 0.3) is 11.2 Å². The molecule has 0 bridgehead atoms. The maximum Gasteiger partial charge on any atom is 0.186 e. The highest BCUT2D eigenvalue weighted by Crippen LogP contribution is 2.30. The second-order valence-electron chi connectivity index (χ2n) is 4.36. The van der Waals surface area contributed by atoms with Crippen molar-refractivity contribution in [3.8, 4) is 0 Å². The van der Waals surface area contributed by atoms with Gasteiger partial charge in [0, 0.05) is 6.42 Å². The van der Waals surface area contributed by atoms with Gasteiger partial charge >= 0.3 is 0 Å². The van der Waals surface area contributed by atoms with E-state index in [-0.39, 0.29) is 11.9 Å². The van der Waals surface area contributed by atoms with Crippen molar-refractivity contribution < 1.29 is 9.84 Å². The molecule has 3 N–H and O–H groups in total. The summed E-state index contributed by atoms with van der Waals surface area (Å²) in [6.07, 6.45) is 4.22. The summed E-state index contributed by atoms with van der Waals surface area (Å²) in [5.41, 5.74) is 6.56. The number of nitrogen functional groups attached to an aromatic ring is 1. The second-order valence-corrected chi connectivity index (χ2v) is 4.36. The lowest BCUT2D eigenvalue weighted by Gasteiger charge is -2.14. The van der Waals surface area contributed by atoms with Crippen molar-refractivity contribution in [1.82, 2.24) is 25.0 Å². The van der Waals surface area contributed by atoms with Crippen LogP contribution < -0.4 is 5.73 Å². The molecule has 3 atom stereocenters. The third kappa shape index (κ3) is 1.94. The van der Waals surface area contributed by atoms with Crippen molar-refractivity contribution in [1.29, 1.82) is 0 Å². The lowest BCUT2D eigenvalue weighted by molar-refractivity contribution is -0.0313. The molecule has 19 heavy (non-hydrogen) atoms. The minimum atomic E-state index is -0.665. The Hall–Kier alpha value is -2.06. The molecule has 2 aromatic heterocycles. The molecule has 3 heterocycles. The molecule has 0 spiro atoms. The fraction of sp³-hybridized carbons (Fsp3) is 0.455. The number of hydrogen-bond acceptors (Lipinski definition) is 7. The summed E-state index contributed by atoms with van der Waals surface area (Å²) in [5, 5.41) is 17.9. The summed E-state index contributed by atoms with van der Waals surface area (Å²) < 4.78 is 7.17. The van der Waals surface area contributed by atoms with Gasteiger partial charge in [-0.2, -0.15) is 4.68 Å². The van der Waals surface area contributed by atoms with E-state index in [0.717, 1.165) is 0 Å². The molecule has 0 aliphatic carbocycles. The highest BCUT2D eigenvalue weighted by molar-refractivity contribution is 5.80. The van der Waals surface area contributed by atoms with E-state index in [1.165, 1.54) is 11.0 Å². The van der Waals surface area contributed by atoms with E-state index in [1.807, 2.05) is 19.1 Å². The van der Waals surface area contributed by atoms with Crippen molar-refractivity contribution >= 4 is 17.0 Å². The van der Waals surface area contributed by atoms with E-state index in [1.54, 1.807) is 0 Å². The third-order valence-electron chi connectivity index (χ3n) is 3.05. The maximum absolute atomic E-state index is 10.1. The number of aliphatic hydroxyl groups excluding tert-OH is 1. The van der Waals surface area contributed by atoms with Crippen LogP contribution in [0.5, 0.6) is 0 Å². The van der Waals surface area contributed by atoms with Crippen LogP contribution in [0.2, 0.25) is 0 Å². The quantitative estimate of drug-likeness (QED) is 0.734. The SMILES string of the molecule is C/C=C/[C@@H]1C[C@@H](O)[C@H](n2nnc3c(N)ncnc32)O1. The van der Waals surface area contributed by atoms with Crippen LogP contribution in [0.3, 0.4) is 0 Å². The van der Waals surface area contributed by atoms with Gasteiger partial charge in [0.05, 0.1) is 6.10 Å². The zero-order valence-corrected chi connectivity index (χ0v) is 10.3. The molecule has 2 aromatic rings. The number of nitrogens with two attached hydrogens (primary N) is 1. The zero-order chi connectivity index (χ0) is 13.4. The first-order valence-electron chi connectivity index (χ1n) is 5.98. The van der Waals surface area contributed by atoms with Crippen LogP contribution >= 0.6 is 0 Å². The average molecular weight is 262 g/mol. The summed E-state index contributed by atoms with van der Waals surface area (Å²) in [6, 6.07) is 0. The Labute approximate surface area is 108 Å². The zero-order valence-electron chi connectivity index (χ0n) is 10.3. The number of aliphatic hydroxyl groups is 1. The highest BCUT2D eigenvalue weighted by Gasteiger charge is 2.36. The molecule has 100 valence electrons. The minimum Gasteiger partial charge on any atom is -0.388 e. The topological polar surface area (TPSA) is 112 Å². The monoisotopic (exact) mass is 262 g/mol. The Kier molecular flexibility index (Phi) is 2.88. The number of anilines is 1. The molecular weight excluding hydrogens is 248 g/mol. The summed E-state index contributed by atoms with van der Waals surface area (Å²) in [5.74, 6) is 0.258.